The van der Waals surface area contributed by atoms with Crippen molar-refractivity contribution < 1.29 is 18.0 Å². The van der Waals surface area contributed by atoms with Gasteiger partial charge in [0.2, 0.25) is 11.8 Å². The van der Waals surface area contributed by atoms with Crippen molar-refractivity contribution in [3.63, 3.8) is 0 Å². The van der Waals surface area contributed by atoms with Gasteiger partial charge in [-0.15, -0.1) is 0 Å². The first-order chi connectivity index (χ1) is 18.0. The molecule has 202 valence electrons. The van der Waals surface area contributed by atoms with Gasteiger partial charge in [0.1, 0.15) is 12.6 Å². The molecular weight excluding hydrogens is 545 g/mol. The quantitative estimate of drug-likeness (QED) is 0.352. The maximum absolute atomic E-state index is 13.9. The average Bonchev–Trinajstić information content (AvgIpc) is 2.89. The summed E-state index contributed by atoms with van der Waals surface area (Å²) in [5.74, 6) is -0.873. The first kappa shape index (κ1) is 29.5. The molecule has 0 radical (unpaired) electrons. The van der Waals surface area contributed by atoms with Gasteiger partial charge in [0.25, 0.3) is 10.0 Å². The number of halogens is 2. The van der Waals surface area contributed by atoms with Crippen LogP contribution in [-0.4, -0.2) is 44.8 Å². The Labute approximate surface area is 234 Å². The Morgan fingerprint density at radius 3 is 2.18 bits per heavy atom. The van der Waals surface area contributed by atoms with E-state index < -0.39 is 28.5 Å². The molecule has 0 saturated heterocycles. The van der Waals surface area contributed by atoms with E-state index in [1.165, 1.54) is 42.3 Å². The SMILES string of the molecule is CC[C@H](C(=O)NC)N(Cc1ccccc1C)C(=O)CN(c1ccc(Cl)c(Cl)c1)S(=O)(=O)c1ccc(C)cc1. The highest BCUT2D eigenvalue weighted by Crippen LogP contribution is 2.31. The number of aryl methyl sites for hydroxylation is 2. The van der Waals surface area contributed by atoms with Gasteiger partial charge in [-0.25, -0.2) is 8.42 Å². The number of sulfonamides is 1. The number of carbonyl (C=O) groups is 2. The van der Waals surface area contributed by atoms with Crippen LogP contribution in [0.15, 0.2) is 71.6 Å². The van der Waals surface area contributed by atoms with Gasteiger partial charge in [-0.3, -0.25) is 13.9 Å². The van der Waals surface area contributed by atoms with Crippen molar-refractivity contribution >= 4 is 50.7 Å². The lowest BCUT2D eigenvalue weighted by Crippen LogP contribution is -2.51. The van der Waals surface area contributed by atoms with Gasteiger partial charge in [-0.2, -0.15) is 0 Å². The first-order valence-corrected chi connectivity index (χ1v) is 14.3. The third kappa shape index (κ3) is 6.67. The smallest absolute Gasteiger partial charge is 0.264 e. The van der Waals surface area contributed by atoms with E-state index >= 15 is 0 Å². The summed E-state index contributed by atoms with van der Waals surface area (Å²) in [5, 5.41) is 3.01. The molecule has 7 nitrogen and oxygen atoms in total. The van der Waals surface area contributed by atoms with E-state index in [0.29, 0.717) is 6.42 Å². The van der Waals surface area contributed by atoms with Crippen molar-refractivity contribution in [2.24, 2.45) is 0 Å². The molecule has 38 heavy (non-hydrogen) atoms. The van der Waals surface area contributed by atoms with E-state index in [1.807, 2.05) is 38.1 Å². The monoisotopic (exact) mass is 575 g/mol. The Morgan fingerprint density at radius 1 is 0.947 bits per heavy atom. The van der Waals surface area contributed by atoms with Gasteiger partial charge in [-0.05, 0) is 61.7 Å². The van der Waals surface area contributed by atoms with Crippen LogP contribution in [0.5, 0.6) is 0 Å². The molecular formula is C28H31Cl2N3O4S. The van der Waals surface area contributed by atoms with Crippen molar-refractivity contribution in [3.8, 4) is 0 Å². The number of rotatable bonds is 10. The molecule has 0 spiro atoms. The van der Waals surface area contributed by atoms with Gasteiger partial charge in [0, 0.05) is 13.6 Å². The van der Waals surface area contributed by atoms with E-state index in [2.05, 4.69) is 5.32 Å². The molecule has 0 saturated carbocycles. The Bertz CT molecular complexity index is 1410. The van der Waals surface area contributed by atoms with E-state index in [4.69, 9.17) is 23.2 Å². The normalized spacial score (nSPS) is 12.1. The van der Waals surface area contributed by atoms with Crippen LogP contribution < -0.4 is 9.62 Å². The van der Waals surface area contributed by atoms with E-state index in [0.717, 1.165) is 21.0 Å². The van der Waals surface area contributed by atoms with Crippen LogP contribution in [0, 0.1) is 13.8 Å². The second-order valence-electron chi connectivity index (χ2n) is 8.91. The van der Waals surface area contributed by atoms with Gasteiger partial charge in [0.05, 0.1) is 20.6 Å². The third-order valence-corrected chi connectivity index (χ3v) is 8.84. The third-order valence-electron chi connectivity index (χ3n) is 6.31. The summed E-state index contributed by atoms with van der Waals surface area (Å²) in [5.41, 5.74) is 2.87. The number of nitrogens with zero attached hydrogens (tertiary/aromatic N) is 2. The van der Waals surface area contributed by atoms with Crippen molar-refractivity contribution in [2.75, 3.05) is 17.9 Å². The summed E-state index contributed by atoms with van der Waals surface area (Å²) in [6.07, 6.45) is 0.342. The summed E-state index contributed by atoms with van der Waals surface area (Å²) in [4.78, 5) is 28.2. The molecule has 0 bridgehead atoms. The maximum atomic E-state index is 13.9. The Balaban J connectivity index is 2.10. The fourth-order valence-corrected chi connectivity index (χ4v) is 5.76. The molecule has 3 aromatic carbocycles. The fraction of sp³-hybridized carbons (Fsp3) is 0.286. The molecule has 0 aliphatic heterocycles. The number of benzene rings is 3. The summed E-state index contributed by atoms with van der Waals surface area (Å²) in [7, 11) is -2.68. The van der Waals surface area contributed by atoms with E-state index in [9.17, 15) is 18.0 Å². The van der Waals surface area contributed by atoms with Gasteiger partial charge in [0.15, 0.2) is 0 Å². The molecule has 0 unspecified atom stereocenters. The van der Waals surface area contributed by atoms with Gasteiger partial charge < -0.3 is 10.2 Å². The van der Waals surface area contributed by atoms with Crippen LogP contribution in [-0.2, 0) is 26.2 Å². The highest BCUT2D eigenvalue weighted by Gasteiger charge is 2.33. The van der Waals surface area contributed by atoms with Crippen molar-refractivity contribution in [1.82, 2.24) is 10.2 Å². The van der Waals surface area contributed by atoms with Crippen LogP contribution in [0.4, 0.5) is 5.69 Å². The Hall–Kier alpha value is -3.07. The second-order valence-corrected chi connectivity index (χ2v) is 11.6. The summed E-state index contributed by atoms with van der Waals surface area (Å²) >= 11 is 12.3. The van der Waals surface area contributed by atoms with Crippen LogP contribution in [0.25, 0.3) is 0 Å². The fourth-order valence-electron chi connectivity index (χ4n) is 4.06. The van der Waals surface area contributed by atoms with Crippen LogP contribution in [0.2, 0.25) is 10.0 Å². The molecule has 10 heteroatoms. The van der Waals surface area contributed by atoms with Crippen molar-refractivity contribution in [1.29, 1.82) is 0 Å². The van der Waals surface area contributed by atoms with Crippen LogP contribution in [0.1, 0.15) is 30.0 Å². The van der Waals surface area contributed by atoms with Gasteiger partial charge in [-0.1, -0.05) is 72.1 Å². The predicted octanol–water partition coefficient (Wildman–Crippen LogP) is 5.36. The highest BCUT2D eigenvalue weighted by atomic mass is 35.5. The number of anilines is 1. The number of nitrogens with one attached hydrogen (secondary N) is 1. The lowest BCUT2D eigenvalue weighted by Gasteiger charge is -2.33. The molecule has 0 heterocycles. The van der Waals surface area contributed by atoms with Gasteiger partial charge >= 0.3 is 0 Å². The summed E-state index contributed by atoms with van der Waals surface area (Å²) in [6.45, 7) is 5.16. The Kier molecular flexibility index (Phi) is 9.82. The number of hydrogen-bond acceptors (Lipinski definition) is 4. The van der Waals surface area contributed by atoms with Crippen LogP contribution in [0.3, 0.4) is 0 Å². The minimum Gasteiger partial charge on any atom is -0.357 e. The highest BCUT2D eigenvalue weighted by molar-refractivity contribution is 7.92. The number of likely N-dealkylation sites (N-methyl/N-ethyl adjacent to an activating group) is 1. The van der Waals surface area contributed by atoms with E-state index in [1.54, 1.807) is 19.1 Å². The Morgan fingerprint density at radius 2 is 1.61 bits per heavy atom. The minimum absolute atomic E-state index is 0.0192. The summed E-state index contributed by atoms with van der Waals surface area (Å²) < 4.78 is 28.7. The average molecular weight is 577 g/mol. The zero-order chi connectivity index (χ0) is 28.0. The molecule has 1 atom stereocenters. The molecule has 0 fully saturated rings. The maximum Gasteiger partial charge on any atom is 0.264 e. The molecule has 0 aliphatic rings. The molecule has 0 aliphatic carbocycles. The lowest BCUT2D eigenvalue weighted by atomic mass is 10.1. The first-order valence-electron chi connectivity index (χ1n) is 12.1. The molecule has 3 aromatic rings. The largest absolute Gasteiger partial charge is 0.357 e. The zero-order valence-electron chi connectivity index (χ0n) is 21.7. The lowest BCUT2D eigenvalue weighted by molar-refractivity contribution is -0.140. The van der Waals surface area contributed by atoms with Crippen LogP contribution >= 0.6 is 23.2 Å². The molecule has 0 aromatic heterocycles. The molecule has 1 N–H and O–H groups in total. The number of carbonyl (C=O) groups excluding carboxylic acids is 2. The van der Waals surface area contributed by atoms with Crippen molar-refractivity contribution in [3.05, 3.63) is 93.5 Å². The van der Waals surface area contributed by atoms with Crippen molar-refractivity contribution in [2.45, 2.75) is 44.7 Å². The molecule has 3 rings (SSSR count). The predicted molar refractivity (Wildman–Crippen MR) is 152 cm³/mol. The zero-order valence-corrected chi connectivity index (χ0v) is 24.1. The second kappa shape index (κ2) is 12.7. The number of hydrogen-bond donors (Lipinski definition) is 1. The topological polar surface area (TPSA) is 86.8 Å². The summed E-state index contributed by atoms with van der Waals surface area (Å²) in [6, 6.07) is 17.5. The number of amides is 2. The van der Waals surface area contributed by atoms with E-state index in [-0.39, 0.29) is 33.1 Å². The molecule has 2 amide bonds. The standard InChI is InChI=1S/C28H31Cl2N3O4S/c1-5-26(28(35)31-4)32(17-21-9-7-6-8-20(21)3)27(34)18-33(22-12-15-24(29)25(30)16-22)38(36,37)23-13-10-19(2)11-14-23/h6-16,26H,5,17-18H2,1-4H3,(H,31,35)/t26-/m1/s1. The minimum atomic E-state index is -4.18.